The minimum absolute atomic E-state index is 0.205. The van der Waals surface area contributed by atoms with E-state index in [2.05, 4.69) is 0 Å². The van der Waals surface area contributed by atoms with Crippen LogP contribution in [0.1, 0.15) is 38.8 Å². The van der Waals surface area contributed by atoms with Gasteiger partial charge in [-0.3, -0.25) is 19.2 Å². The van der Waals surface area contributed by atoms with Crippen LogP contribution in [-0.4, -0.2) is 97.2 Å². The summed E-state index contributed by atoms with van der Waals surface area (Å²) in [4.78, 5) is 68.7. The van der Waals surface area contributed by atoms with Crippen LogP contribution < -0.4 is 0 Å². The molecular weight excluding hydrogens is 664 g/mol. The van der Waals surface area contributed by atoms with Crippen LogP contribution in [0.2, 0.25) is 0 Å². The zero-order valence-electron chi connectivity index (χ0n) is 27.5. The van der Waals surface area contributed by atoms with Crippen molar-refractivity contribution in [1.29, 1.82) is 0 Å². The molecule has 0 amide bonds. The van der Waals surface area contributed by atoms with Gasteiger partial charge in [0.1, 0.15) is 12.2 Å². The Morgan fingerprint density at radius 2 is 0.860 bits per heavy atom. The van der Waals surface area contributed by atoms with E-state index in [9.17, 15) is 28.8 Å². The highest BCUT2D eigenvalue weighted by atomic mass is 16.8. The molecule has 4 saturated heterocycles. The van der Waals surface area contributed by atoms with Crippen molar-refractivity contribution in [1.82, 2.24) is 0 Å². The SMILES string of the molecule is CC(=O)O[C@H]1O[C@H]2C(=O)O[C@H]2[C@H](OCc2ccccc2)[C@H]1OC(C)=O.CC(=O)O[C@H]1O[C@H]2C(=O)O[C@H]2[C@H](OCc2ccccc2)[C@H]1OC(C)=O. The van der Waals surface area contributed by atoms with Gasteiger partial charge in [-0.1, -0.05) is 60.7 Å². The summed E-state index contributed by atoms with van der Waals surface area (Å²) < 4.78 is 53.3. The maximum atomic E-state index is 11.6. The molecule has 50 heavy (non-hydrogen) atoms. The first-order chi connectivity index (χ1) is 23.9. The second-order valence-electron chi connectivity index (χ2n) is 11.5. The van der Waals surface area contributed by atoms with Gasteiger partial charge in [-0.05, 0) is 11.1 Å². The van der Waals surface area contributed by atoms with Crippen LogP contribution in [0.25, 0.3) is 0 Å². The average Bonchev–Trinajstić information content (AvgIpc) is 3.06. The number of carbonyl (C=O) groups is 6. The Bertz CT molecular complexity index is 1430. The molecule has 0 aromatic heterocycles. The number of ether oxygens (including phenoxy) is 10. The number of hydrogen-bond acceptors (Lipinski definition) is 16. The highest BCUT2D eigenvalue weighted by molar-refractivity contribution is 5.82. The minimum atomic E-state index is -1.24. The van der Waals surface area contributed by atoms with E-state index in [1.165, 1.54) is 27.7 Å². The molecule has 0 bridgehead atoms. The number of carbonyl (C=O) groups excluding carboxylic acids is 6. The molecule has 2 aromatic carbocycles. The van der Waals surface area contributed by atoms with E-state index in [0.717, 1.165) is 11.1 Å². The van der Waals surface area contributed by atoms with Crippen molar-refractivity contribution in [2.75, 3.05) is 0 Å². The quantitative estimate of drug-likeness (QED) is 0.255. The molecule has 4 fully saturated rings. The predicted octanol–water partition coefficient (Wildman–Crippen LogP) is 1.43. The first kappa shape index (κ1) is 36.4. The molecule has 4 aliphatic rings. The topological polar surface area (TPSA) is 195 Å². The van der Waals surface area contributed by atoms with Gasteiger partial charge in [0.05, 0.1) is 13.2 Å². The molecule has 4 aliphatic heterocycles. The molecule has 6 rings (SSSR count). The molecule has 0 unspecified atom stereocenters. The summed E-state index contributed by atoms with van der Waals surface area (Å²) in [5, 5.41) is 0. The first-order valence-corrected chi connectivity index (χ1v) is 15.6. The number of benzene rings is 2. The standard InChI is InChI=1S/2C17H18O8/c2*1-9(18)22-15-12(21-8-11-6-4-3-5-7-11)13-14(16(20)24-13)25-17(15)23-10(2)19/h2*3-7,12-15,17H,8H2,1-2H3/t2*12-,13-,14+,15+,17-/m00/s1. The zero-order chi connectivity index (χ0) is 35.9. The third-order valence-electron chi connectivity index (χ3n) is 7.70. The number of esters is 6. The Kier molecular flexibility index (Phi) is 11.8. The molecule has 0 aliphatic carbocycles. The van der Waals surface area contributed by atoms with Gasteiger partial charge in [-0.2, -0.15) is 0 Å². The lowest BCUT2D eigenvalue weighted by Gasteiger charge is -2.48. The minimum Gasteiger partial charge on any atom is -0.454 e. The van der Waals surface area contributed by atoms with Crippen molar-refractivity contribution in [3.8, 4) is 0 Å². The lowest BCUT2D eigenvalue weighted by molar-refractivity contribution is -0.326. The molecule has 0 radical (unpaired) electrons. The van der Waals surface area contributed by atoms with Gasteiger partial charge in [0, 0.05) is 27.7 Å². The van der Waals surface area contributed by atoms with Crippen LogP contribution in [0.15, 0.2) is 60.7 Å². The van der Waals surface area contributed by atoms with E-state index in [-0.39, 0.29) is 13.2 Å². The summed E-state index contributed by atoms with van der Waals surface area (Å²) >= 11 is 0. The number of rotatable bonds is 10. The summed E-state index contributed by atoms with van der Waals surface area (Å²) in [5.74, 6) is -3.59. The van der Waals surface area contributed by atoms with Gasteiger partial charge < -0.3 is 47.4 Å². The molecule has 16 heteroatoms. The van der Waals surface area contributed by atoms with Gasteiger partial charge in [0.25, 0.3) is 0 Å². The van der Waals surface area contributed by atoms with Crippen molar-refractivity contribution in [3.05, 3.63) is 71.8 Å². The van der Waals surface area contributed by atoms with E-state index in [0.29, 0.717) is 0 Å². The molecule has 0 N–H and O–H groups in total. The third kappa shape index (κ3) is 8.81. The number of fused-ring (bicyclic) bond motifs is 2. The van der Waals surface area contributed by atoms with Crippen molar-refractivity contribution in [2.45, 2.75) is 102 Å². The van der Waals surface area contributed by atoms with E-state index in [1.54, 1.807) is 0 Å². The lowest BCUT2D eigenvalue weighted by Crippen LogP contribution is -2.69. The van der Waals surface area contributed by atoms with Crippen molar-refractivity contribution < 1.29 is 76.1 Å². The smallest absolute Gasteiger partial charge is 0.339 e. The van der Waals surface area contributed by atoms with Crippen molar-refractivity contribution in [3.63, 3.8) is 0 Å². The molecule has 268 valence electrons. The third-order valence-corrected chi connectivity index (χ3v) is 7.70. The van der Waals surface area contributed by atoms with E-state index in [1.807, 2.05) is 60.7 Å². The summed E-state index contributed by atoms with van der Waals surface area (Å²) in [6.45, 7) is 5.24. The Hall–Kier alpha value is -4.90. The summed E-state index contributed by atoms with van der Waals surface area (Å²) in [6.07, 6.45) is -9.49. The van der Waals surface area contributed by atoms with E-state index < -0.39 is 97.2 Å². The van der Waals surface area contributed by atoms with E-state index >= 15 is 0 Å². The summed E-state index contributed by atoms with van der Waals surface area (Å²) in [7, 11) is 0. The highest BCUT2D eigenvalue weighted by Crippen LogP contribution is 2.37. The van der Waals surface area contributed by atoms with Crippen molar-refractivity contribution >= 4 is 35.8 Å². The molecule has 4 heterocycles. The average molecular weight is 701 g/mol. The molecule has 10 atom stereocenters. The van der Waals surface area contributed by atoms with Crippen LogP contribution in [0.4, 0.5) is 0 Å². The fourth-order valence-electron chi connectivity index (χ4n) is 5.58. The van der Waals surface area contributed by atoms with Crippen molar-refractivity contribution in [2.24, 2.45) is 0 Å². The van der Waals surface area contributed by atoms with Crippen LogP contribution in [0.5, 0.6) is 0 Å². The Morgan fingerprint density at radius 1 is 0.520 bits per heavy atom. The fraction of sp³-hybridized carbons (Fsp3) is 0.471. The van der Waals surface area contributed by atoms with E-state index in [4.69, 9.17) is 47.4 Å². The normalized spacial score (nSPS) is 30.5. The Morgan fingerprint density at radius 3 is 1.16 bits per heavy atom. The fourth-order valence-corrected chi connectivity index (χ4v) is 5.58. The maximum absolute atomic E-state index is 11.6. The van der Waals surface area contributed by atoms with Gasteiger partial charge in [0.2, 0.25) is 12.6 Å². The lowest BCUT2D eigenvalue weighted by atomic mass is 9.94. The molecule has 0 spiro atoms. The summed E-state index contributed by atoms with van der Waals surface area (Å²) in [6, 6.07) is 18.7. The largest absolute Gasteiger partial charge is 0.454 e. The monoisotopic (exact) mass is 700 g/mol. The molecular formula is C34H36O16. The van der Waals surface area contributed by atoms with Gasteiger partial charge in [-0.25, -0.2) is 9.59 Å². The van der Waals surface area contributed by atoms with Gasteiger partial charge in [0.15, 0.2) is 36.6 Å². The van der Waals surface area contributed by atoms with Gasteiger partial charge in [-0.15, -0.1) is 0 Å². The molecule has 2 aromatic rings. The molecule has 16 nitrogen and oxygen atoms in total. The maximum Gasteiger partial charge on any atom is 0.339 e. The van der Waals surface area contributed by atoms with Crippen LogP contribution in [0.3, 0.4) is 0 Å². The second kappa shape index (κ2) is 16.2. The predicted molar refractivity (Wildman–Crippen MR) is 162 cm³/mol. The zero-order valence-corrected chi connectivity index (χ0v) is 27.5. The summed E-state index contributed by atoms with van der Waals surface area (Å²) in [5.41, 5.74) is 1.78. The van der Waals surface area contributed by atoms with Crippen LogP contribution in [-0.2, 0) is 89.3 Å². The Balaban J connectivity index is 0.000000194. The number of hydrogen-bond donors (Lipinski definition) is 0. The van der Waals surface area contributed by atoms with Crippen LogP contribution in [0, 0.1) is 0 Å². The molecule has 0 saturated carbocycles. The first-order valence-electron chi connectivity index (χ1n) is 15.6. The second-order valence-corrected chi connectivity index (χ2v) is 11.5. The Labute approximate surface area is 286 Å². The highest BCUT2D eigenvalue weighted by Gasteiger charge is 2.61. The van der Waals surface area contributed by atoms with Crippen LogP contribution >= 0.6 is 0 Å². The van der Waals surface area contributed by atoms with Gasteiger partial charge >= 0.3 is 35.8 Å².